The summed E-state index contributed by atoms with van der Waals surface area (Å²) < 4.78 is 65.6. The molecule has 1 heterocycles. The minimum absolute atomic E-state index is 0.0945. The zero-order chi connectivity index (χ0) is 31.2. The first-order chi connectivity index (χ1) is 21.1. The number of para-hydroxylation sites is 1. The molecule has 0 unspecified atom stereocenters. The predicted molar refractivity (Wildman–Crippen MR) is 167 cm³/mol. The van der Waals surface area contributed by atoms with Crippen LogP contribution >= 0.6 is 23.2 Å². The fraction of sp³-hybridized carbons (Fsp3) is 0.364. The average Bonchev–Trinajstić information content (AvgIpc) is 3.90. The van der Waals surface area contributed by atoms with Gasteiger partial charge in [0.25, 0.3) is 5.91 Å². The molecular formula is C33H32Cl2F2N2O4S. The Morgan fingerprint density at radius 3 is 2.20 bits per heavy atom. The third kappa shape index (κ3) is 6.12. The van der Waals surface area contributed by atoms with Crippen LogP contribution in [0, 0.1) is 17.6 Å². The van der Waals surface area contributed by atoms with E-state index in [0.29, 0.717) is 28.5 Å². The van der Waals surface area contributed by atoms with Crippen molar-refractivity contribution in [3.8, 4) is 0 Å². The minimum atomic E-state index is -4.13. The third-order valence-corrected chi connectivity index (χ3v) is 11.3. The van der Waals surface area contributed by atoms with Gasteiger partial charge in [-0.3, -0.25) is 9.10 Å². The molecule has 6 nitrogen and oxygen atoms in total. The van der Waals surface area contributed by atoms with Crippen LogP contribution < -0.4 is 4.31 Å². The van der Waals surface area contributed by atoms with E-state index >= 15 is 8.78 Å². The SMILES string of the molecule is C=CC[C@@H]1O[C@H](c2cccc(Cl)c2)[C@@H](c2ccc(Cl)cc2)N([C@H](CN(c2c(F)cccc2F)S(=O)(=O)C2CC2)C2CC2)C1=O. The number of hydrogen-bond acceptors (Lipinski definition) is 4. The standard InChI is InChI=1S/C33H32Cl2F2N2O4S/c1-2-5-29-33(40)39(30(21-12-14-23(34)15-13-21)32(43-29)22-6-3-7-24(35)18-22)28(20-10-11-20)19-38(44(41,42)25-16-17-25)31-26(36)8-4-9-27(31)37/h2-4,6-9,12-15,18,20,25,28-30,32H,1,5,10-11,16-17,19H2/t28-,29+,30-,32-/m1/s1. The Morgan fingerprint density at radius 1 is 0.955 bits per heavy atom. The van der Waals surface area contributed by atoms with Crippen LogP contribution in [0.25, 0.3) is 0 Å². The number of hydrogen-bond donors (Lipinski definition) is 0. The van der Waals surface area contributed by atoms with E-state index in [1.807, 2.05) is 6.07 Å². The molecule has 0 aromatic heterocycles. The van der Waals surface area contributed by atoms with Gasteiger partial charge in [-0.2, -0.15) is 0 Å². The van der Waals surface area contributed by atoms with Crippen molar-refractivity contribution in [2.24, 2.45) is 5.92 Å². The summed E-state index contributed by atoms with van der Waals surface area (Å²) in [6.07, 6.45) is 2.47. The molecular weight excluding hydrogens is 629 g/mol. The quantitative estimate of drug-likeness (QED) is 0.198. The summed E-state index contributed by atoms with van der Waals surface area (Å²) in [6, 6.07) is 16.1. The minimum Gasteiger partial charge on any atom is -0.358 e. The number of benzene rings is 3. The molecule has 3 aromatic carbocycles. The van der Waals surface area contributed by atoms with Crippen molar-refractivity contribution < 1.29 is 26.7 Å². The number of ether oxygens (including phenoxy) is 1. The van der Waals surface area contributed by atoms with Gasteiger partial charge in [0.15, 0.2) is 11.6 Å². The van der Waals surface area contributed by atoms with Gasteiger partial charge in [0.2, 0.25) is 10.0 Å². The number of amides is 1. The predicted octanol–water partition coefficient (Wildman–Crippen LogP) is 7.63. The van der Waals surface area contributed by atoms with Crippen molar-refractivity contribution in [3.05, 3.63) is 112 Å². The van der Waals surface area contributed by atoms with E-state index in [0.717, 1.165) is 34.8 Å². The maximum absolute atomic E-state index is 15.3. The second-order valence-corrected chi connectivity index (χ2v) is 14.6. The van der Waals surface area contributed by atoms with Crippen LogP contribution in [0.3, 0.4) is 0 Å². The van der Waals surface area contributed by atoms with Gasteiger partial charge in [0.05, 0.1) is 23.9 Å². The molecule has 0 radical (unpaired) electrons. The number of halogens is 4. The van der Waals surface area contributed by atoms with E-state index in [4.69, 9.17) is 27.9 Å². The van der Waals surface area contributed by atoms with E-state index in [2.05, 4.69) is 6.58 Å². The second-order valence-electron chi connectivity index (χ2n) is 11.6. The highest BCUT2D eigenvalue weighted by Gasteiger charge is 2.52. The molecule has 3 fully saturated rings. The average molecular weight is 662 g/mol. The molecule has 6 rings (SSSR count). The number of carbonyl (C=O) groups is 1. The Morgan fingerprint density at radius 2 is 1.61 bits per heavy atom. The van der Waals surface area contributed by atoms with E-state index in [1.54, 1.807) is 53.4 Å². The van der Waals surface area contributed by atoms with E-state index in [-0.39, 0.29) is 24.8 Å². The summed E-state index contributed by atoms with van der Waals surface area (Å²) in [5.74, 6) is -2.40. The molecule has 11 heteroatoms. The molecule has 44 heavy (non-hydrogen) atoms. The number of anilines is 1. The highest BCUT2D eigenvalue weighted by atomic mass is 35.5. The highest BCUT2D eigenvalue weighted by Crippen LogP contribution is 2.49. The molecule has 1 amide bonds. The summed E-state index contributed by atoms with van der Waals surface area (Å²) in [5, 5.41) is 0.254. The van der Waals surface area contributed by atoms with Gasteiger partial charge < -0.3 is 9.64 Å². The molecule has 0 bridgehead atoms. The van der Waals surface area contributed by atoms with Crippen molar-refractivity contribution in [2.75, 3.05) is 10.8 Å². The number of carbonyl (C=O) groups excluding carboxylic acids is 1. The molecule has 0 N–H and O–H groups in total. The maximum Gasteiger partial charge on any atom is 0.252 e. The van der Waals surface area contributed by atoms with E-state index in [1.165, 1.54) is 6.07 Å². The molecule has 1 aliphatic heterocycles. The molecule has 232 valence electrons. The van der Waals surface area contributed by atoms with Crippen LogP contribution in [0.15, 0.2) is 79.4 Å². The van der Waals surface area contributed by atoms with Crippen LogP contribution in [-0.2, 0) is 19.6 Å². The molecule has 4 atom stereocenters. The van der Waals surface area contributed by atoms with Gasteiger partial charge in [0, 0.05) is 16.5 Å². The fourth-order valence-corrected chi connectivity index (χ4v) is 8.29. The Balaban J connectivity index is 1.51. The lowest BCUT2D eigenvalue weighted by Crippen LogP contribution is -2.58. The zero-order valence-corrected chi connectivity index (χ0v) is 26.1. The fourth-order valence-electron chi connectivity index (χ4n) is 6.09. The first-order valence-electron chi connectivity index (χ1n) is 14.6. The Bertz CT molecular complexity index is 1640. The number of rotatable bonds is 11. The first kappa shape index (κ1) is 31.0. The number of sulfonamides is 1. The summed E-state index contributed by atoms with van der Waals surface area (Å²) in [4.78, 5) is 16.1. The largest absolute Gasteiger partial charge is 0.358 e. The summed E-state index contributed by atoms with van der Waals surface area (Å²) in [5.41, 5.74) is 0.813. The van der Waals surface area contributed by atoms with E-state index < -0.39 is 56.9 Å². The highest BCUT2D eigenvalue weighted by molar-refractivity contribution is 7.93. The molecule has 2 saturated carbocycles. The van der Waals surface area contributed by atoms with E-state index in [9.17, 15) is 13.2 Å². The lowest BCUT2D eigenvalue weighted by Gasteiger charge is -2.49. The van der Waals surface area contributed by atoms with Crippen LogP contribution in [0.1, 0.15) is 55.4 Å². The molecule has 2 aliphatic carbocycles. The topological polar surface area (TPSA) is 66.9 Å². The van der Waals surface area contributed by atoms with Gasteiger partial charge in [-0.25, -0.2) is 17.2 Å². The lowest BCUT2D eigenvalue weighted by atomic mass is 9.89. The summed E-state index contributed by atoms with van der Waals surface area (Å²) >= 11 is 12.6. The van der Waals surface area contributed by atoms with Gasteiger partial charge >= 0.3 is 0 Å². The van der Waals surface area contributed by atoms with Gasteiger partial charge in [0.1, 0.15) is 17.9 Å². The van der Waals surface area contributed by atoms with Crippen LogP contribution in [0.4, 0.5) is 14.5 Å². The van der Waals surface area contributed by atoms with Gasteiger partial charge in [-0.05, 0) is 79.1 Å². The molecule has 1 saturated heterocycles. The van der Waals surface area contributed by atoms with Crippen molar-refractivity contribution in [2.45, 2.75) is 61.6 Å². The van der Waals surface area contributed by atoms with Crippen LogP contribution in [0.2, 0.25) is 10.0 Å². The number of morpholine rings is 1. The van der Waals surface area contributed by atoms with Crippen molar-refractivity contribution >= 4 is 44.8 Å². The zero-order valence-electron chi connectivity index (χ0n) is 23.8. The Hall–Kier alpha value is -2.98. The van der Waals surface area contributed by atoms with Crippen molar-refractivity contribution in [1.29, 1.82) is 0 Å². The molecule has 3 aromatic rings. The Labute approximate surface area is 266 Å². The van der Waals surface area contributed by atoms with Crippen LogP contribution in [-0.4, -0.2) is 43.2 Å². The molecule has 3 aliphatic rings. The number of nitrogens with zero attached hydrogens (tertiary/aromatic N) is 2. The van der Waals surface area contributed by atoms with Crippen LogP contribution in [0.5, 0.6) is 0 Å². The monoisotopic (exact) mass is 660 g/mol. The summed E-state index contributed by atoms with van der Waals surface area (Å²) in [6.45, 7) is 3.51. The second kappa shape index (κ2) is 12.4. The maximum atomic E-state index is 15.3. The van der Waals surface area contributed by atoms with Gasteiger partial charge in [-0.1, -0.05) is 59.6 Å². The smallest absolute Gasteiger partial charge is 0.252 e. The normalized spacial score (nSPS) is 23.0. The first-order valence-corrected chi connectivity index (χ1v) is 16.9. The lowest BCUT2D eigenvalue weighted by molar-refractivity contribution is -0.179. The molecule has 0 spiro atoms. The van der Waals surface area contributed by atoms with Gasteiger partial charge in [-0.15, -0.1) is 6.58 Å². The summed E-state index contributed by atoms with van der Waals surface area (Å²) in [7, 11) is -4.13. The van der Waals surface area contributed by atoms with Crippen molar-refractivity contribution in [1.82, 2.24) is 4.90 Å². The third-order valence-electron chi connectivity index (χ3n) is 8.51. The van der Waals surface area contributed by atoms with Crippen molar-refractivity contribution in [3.63, 3.8) is 0 Å². The Kier molecular flexibility index (Phi) is 8.76.